The van der Waals surface area contributed by atoms with Crippen LogP contribution in [0, 0.1) is 13.8 Å². The van der Waals surface area contributed by atoms with Crippen molar-refractivity contribution in [2.24, 2.45) is 0 Å². The van der Waals surface area contributed by atoms with Crippen LogP contribution in [-0.2, 0) is 0 Å². The molecule has 0 atom stereocenters. The van der Waals surface area contributed by atoms with Gasteiger partial charge >= 0.3 is 0 Å². The number of carbonyl (C=O) groups excluding carboxylic acids is 1. The highest BCUT2D eigenvalue weighted by atomic mass is 16.5. The number of anilines is 2. The van der Waals surface area contributed by atoms with Crippen molar-refractivity contribution in [3.8, 4) is 17.0 Å². The third kappa shape index (κ3) is 3.45. The van der Waals surface area contributed by atoms with Crippen molar-refractivity contribution in [2.45, 2.75) is 13.8 Å². The lowest BCUT2D eigenvalue weighted by Crippen LogP contribution is -2.18. The van der Waals surface area contributed by atoms with Crippen molar-refractivity contribution in [3.63, 3.8) is 0 Å². The topological polar surface area (TPSA) is 80.6 Å². The van der Waals surface area contributed by atoms with E-state index in [1.807, 2.05) is 54.9 Å². The van der Waals surface area contributed by atoms with Crippen LogP contribution >= 0.6 is 0 Å². The van der Waals surface area contributed by atoms with E-state index < -0.39 is 0 Å². The van der Waals surface area contributed by atoms with Gasteiger partial charge in [-0.05, 0) is 61.4 Å². The quantitative estimate of drug-likeness (QED) is 0.526. The lowest BCUT2D eigenvalue weighted by atomic mass is 10.1. The Morgan fingerprint density at radius 2 is 1.90 bits per heavy atom. The molecule has 0 spiro atoms. The van der Waals surface area contributed by atoms with Gasteiger partial charge in [-0.15, -0.1) is 0 Å². The molecule has 0 unspecified atom stereocenters. The van der Waals surface area contributed by atoms with Gasteiger partial charge in [0.25, 0.3) is 5.91 Å². The fourth-order valence-electron chi connectivity index (χ4n) is 3.53. The maximum Gasteiger partial charge on any atom is 0.251 e. The van der Waals surface area contributed by atoms with E-state index in [9.17, 15) is 4.79 Å². The average molecular weight is 401 g/mol. The molecule has 2 aromatic heterocycles. The van der Waals surface area contributed by atoms with Crippen LogP contribution in [0.3, 0.4) is 0 Å². The van der Waals surface area contributed by atoms with E-state index in [4.69, 9.17) is 4.74 Å². The van der Waals surface area contributed by atoms with Crippen LogP contribution in [0.5, 0.6) is 5.75 Å². The molecule has 0 radical (unpaired) electrons. The molecule has 7 heteroatoms. The van der Waals surface area contributed by atoms with Gasteiger partial charge in [0.15, 0.2) is 11.5 Å². The number of ether oxygens (including phenoxy) is 1. The first-order valence-electron chi connectivity index (χ1n) is 9.58. The SMILES string of the molecule is CNC(=O)c1ccc(Nc2nccn3c(-c4ccc(OC)c(C)c4)cnc23)cc1C. The highest BCUT2D eigenvalue weighted by Gasteiger charge is 2.13. The molecule has 0 saturated carbocycles. The number of rotatable bonds is 5. The number of hydrogen-bond donors (Lipinski definition) is 2. The van der Waals surface area contributed by atoms with Crippen LogP contribution in [0.2, 0.25) is 0 Å². The highest BCUT2D eigenvalue weighted by Crippen LogP contribution is 2.29. The van der Waals surface area contributed by atoms with Crippen LogP contribution in [0.25, 0.3) is 16.9 Å². The molecule has 2 N–H and O–H groups in total. The molecule has 30 heavy (non-hydrogen) atoms. The fraction of sp³-hybridized carbons (Fsp3) is 0.174. The zero-order valence-corrected chi connectivity index (χ0v) is 17.4. The van der Waals surface area contributed by atoms with E-state index in [0.29, 0.717) is 17.0 Å². The predicted molar refractivity (Wildman–Crippen MR) is 118 cm³/mol. The summed E-state index contributed by atoms with van der Waals surface area (Å²) in [6.07, 6.45) is 5.47. The van der Waals surface area contributed by atoms with Crippen LogP contribution in [0.15, 0.2) is 55.0 Å². The number of amides is 1. The minimum atomic E-state index is -0.105. The first kappa shape index (κ1) is 19.4. The van der Waals surface area contributed by atoms with Crippen molar-refractivity contribution in [1.82, 2.24) is 19.7 Å². The monoisotopic (exact) mass is 401 g/mol. The number of imidazole rings is 1. The smallest absolute Gasteiger partial charge is 0.251 e. The Labute approximate surface area is 174 Å². The molecule has 0 aliphatic heterocycles. The van der Waals surface area contributed by atoms with Crippen molar-refractivity contribution >= 4 is 23.1 Å². The van der Waals surface area contributed by atoms with Gasteiger partial charge in [-0.1, -0.05) is 0 Å². The van der Waals surface area contributed by atoms with Gasteiger partial charge in [-0.3, -0.25) is 9.20 Å². The summed E-state index contributed by atoms with van der Waals surface area (Å²) < 4.78 is 7.37. The molecule has 0 saturated heterocycles. The Bertz CT molecular complexity index is 1250. The molecule has 2 heterocycles. The Morgan fingerprint density at radius 1 is 1.07 bits per heavy atom. The molecule has 0 aliphatic rings. The molecular formula is C23H23N5O2. The zero-order valence-electron chi connectivity index (χ0n) is 17.4. The van der Waals surface area contributed by atoms with Gasteiger partial charge in [0.05, 0.1) is 19.0 Å². The zero-order chi connectivity index (χ0) is 21.3. The van der Waals surface area contributed by atoms with E-state index in [-0.39, 0.29) is 5.91 Å². The minimum Gasteiger partial charge on any atom is -0.496 e. The van der Waals surface area contributed by atoms with Gasteiger partial charge in [0, 0.05) is 36.3 Å². The van der Waals surface area contributed by atoms with Crippen LogP contribution in [-0.4, -0.2) is 34.4 Å². The molecular weight excluding hydrogens is 378 g/mol. The van der Waals surface area contributed by atoms with Gasteiger partial charge in [-0.25, -0.2) is 9.97 Å². The largest absolute Gasteiger partial charge is 0.496 e. The number of fused-ring (bicyclic) bond motifs is 1. The number of carbonyl (C=O) groups is 1. The molecule has 0 aliphatic carbocycles. The van der Waals surface area contributed by atoms with E-state index >= 15 is 0 Å². The maximum atomic E-state index is 11.9. The summed E-state index contributed by atoms with van der Waals surface area (Å²) in [7, 11) is 3.29. The summed E-state index contributed by atoms with van der Waals surface area (Å²) in [4.78, 5) is 21.0. The number of nitrogens with zero attached hydrogens (tertiary/aromatic N) is 3. The van der Waals surface area contributed by atoms with Crippen LogP contribution < -0.4 is 15.4 Å². The molecule has 4 aromatic rings. The summed E-state index contributed by atoms with van der Waals surface area (Å²) in [6.45, 7) is 3.92. The second-order valence-corrected chi connectivity index (χ2v) is 7.03. The summed E-state index contributed by atoms with van der Waals surface area (Å²) in [5.74, 6) is 1.39. The van der Waals surface area contributed by atoms with E-state index in [0.717, 1.165) is 33.8 Å². The lowest BCUT2D eigenvalue weighted by Gasteiger charge is -2.11. The van der Waals surface area contributed by atoms with E-state index in [1.165, 1.54) is 0 Å². The minimum absolute atomic E-state index is 0.105. The molecule has 152 valence electrons. The number of methoxy groups -OCH3 is 1. The number of nitrogens with one attached hydrogen (secondary N) is 2. The average Bonchev–Trinajstić information content (AvgIpc) is 3.18. The summed E-state index contributed by atoms with van der Waals surface area (Å²) in [5.41, 5.74) is 6.15. The van der Waals surface area contributed by atoms with Gasteiger partial charge < -0.3 is 15.4 Å². The third-order valence-corrected chi connectivity index (χ3v) is 5.08. The second-order valence-electron chi connectivity index (χ2n) is 7.03. The van der Waals surface area contributed by atoms with Crippen molar-refractivity contribution < 1.29 is 9.53 Å². The molecule has 2 aromatic carbocycles. The number of aromatic nitrogens is 3. The van der Waals surface area contributed by atoms with Crippen LogP contribution in [0.1, 0.15) is 21.5 Å². The van der Waals surface area contributed by atoms with Gasteiger partial charge in [0.2, 0.25) is 0 Å². The molecule has 0 bridgehead atoms. The Hall–Kier alpha value is -3.87. The summed E-state index contributed by atoms with van der Waals surface area (Å²) >= 11 is 0. The molecule has 0 fully saturated rings. The van der Waals surface area contributed by atoms with E-state index in [2.05, 4.69) is 26.7 Å². The first-order valence-corrected chi connectivity index (χ1v) is 9.58. The van der Waals surface area contributed by atoms with Crippen molar-refractivity contribution in [3.05, 3.63) is 71.7 Å². The first-order chi connectivity index (χ1) is 14.5. The molecule has 7 nitrogen and oxygen atoms in total. The van der Waals surface area contributed by atoms with Crippen LogP contribution in [0.4, 0.5) is 11.5 Å². The lowest BCUT2D eigenvalue weighted by molar-refractivity contribution is 0.0962. The number of aryl methyl sites for hydroxylation is 2. The second kappa shape index (κ2) is 7.87. The normalized spacial score (nSPS) is 10.8. The summed E-state index contributed by atoms with van der Waals surface area (Å²) in [6, 6.07) is 11.6. The number of benzene rings is 2. The predicted octanol–water partition coefficient (Wildman–Crippen LogP) is 4.12. The van der Waals surface area contributed by atoms with E-state index in [1.54, 1.807) is 26.4 Å². The third-order valence-electron chi connectivity index (χ3n) is 5.08. The number of hydrogen-bond acceptors (Lipinski definition) is 5. The Morgan fingerprint density at radius 3 is 2.60 bits per heavy atom. The van der Waals surface area contributed by atoms with Crippen molar-refractivity contribution in [2.75, 3.05) is 19.5 Å². The highest BCUT2D eigenvalue weighted by molar-refractivity contribution is 5.96. The molecule has 1 amide bonds. The fourth-order valence-corrected chi connectivity index (χ4v) is 3.53. The molecule has 4 rings (SSSR count). The Balaban J connectivity index is 1.70. The maximum absolute atomic E-state index is 11.9. The summed E-state index contributed by atoms with van der Waals surface area (Å²) in [5, 5.41) is 5.97. The van der Waals surface area contributed by atoms with Gasteiger partial charge in [-0.2, -0.15) is 0 Å². The van der Waals surface area contributed by atoms with Gasteiger partial charge in [0.1, 0.15) is 5.75 Å². The standard InChI is InChI=1S/C23H23N5O2/c1-14-12-17(6-7-18(14)23(29)24-3)27-21-22-26-13-19(28(22)10-9-25-21)16-5-8-20(30-4)15(2)11-16/h5-13H,1-4H3,(H,24,29)(H,25,27). The Kier molecular flexibility index (Phi) is 5.10. The van der Waals surface area contributed by atoms with Crippen molar-refractivity contribution in [1.29, 1.82) is 0 Å².